The maximum atomic E-state index is 5.62. The van der Waals surface area contributed by atoms with Crippen LogP contribution in [-0.2, 0) is 0 Å². The Morgan fingerprint density at radius 3 is 2.81 bits per heavy atom. The van der Waals surface area contributed by atoms with E-state index in [1.807, 2.05) is 23.0 Å². The molecule has 2 rings (SSSR count). The average molecular weight is 215 g/mol. The lowest BCUT2D eigenvalue weighted by Crippen LogP contribution is -2.16. The van der Waals surface area contributed by atoms with E-state index in [9.17, 15) is 0 Å². The van der Waals surface area contributed by atoms with Gasteiger partial charge in [-0.3, -0.25) is 4.68 Å². The molecule has 1 atom stereocenters. The fourth-order valence-corrected chi connectivity index (χ4v) is 1.72. The van der Waals surface area contributed by atoms with E-state index in [1.165, 1.54) is 11.1 Å². The van der Waals surface area contributed by atoms with E-state index in [1.54, 1.807) is 0 Å². The van der Waals surface area contributed by atoms with Gasteiger partial charge in [0.2, 0.25) is 0 Å². The quantitative estimate of drug-likeness (QED) is 0.854. The lowest BCUT2D eigenvalue weighted by molar-refractivity contribution is 0.501. The van der Waals surface area contributed by atoms with Crippen LogP contribution in [0.5, 0.6) is 0 Å². The van der Waals surface area contributed by atoms with Crippen molar-refractivity contribution in [1.29, 1.82) is 0 Å². The Labute approximate surface area is 95.9 Å². The maximum Gasteiger partial charge on any atom is 0.0613 e. The number of benzene rings is 1. The number of nitrogens with zero attached hydrogens (tertiary/aromatic N) is 2. The van der Waals surface area contributed by atoms with Crippen molar-refractivity contribution in [3.8, 4) is 11.1 Å². The SMILES string of the molecule is Cc1ccccc1-c1cnn(C(C)CN)c1. The molecule has 1 heterocycles. The Bertz CT molecular complexity index is 474. The third-order valence-electron chi connectivity index (χ3n) is 2.85. The normalized spacial score (nSPS) is 12.7. The summed E-state index contributed by atoms with van der Waals surface area (Å²) >= 11 is 0. The van der Waals surface area contributed by atoms with Gasteiger partial charge in [-0.2, -0.15) is 5.10 Å². The van der Waals surface area contributed by atoms with Crippen LogP contribution in [0.15, 0.2) is 36.7 Å². The summed E-state index contributed by atoms with van der Waals surface area (Å²) < 4.78 is 1.92. The second-order valence-corrected chi connectivity index (χ2v) is 4.11. The number of rotatable bonds is 3. The molecule has 1 aromatic carbocycles. The molecule has 0 aliphatic carbocycles. The predicted octanol–water partition coefficient (Wildman–Crippen LogP) is 2.38. The standard InChI is InChI=1S/C13H17N3/c1-10-5-3-4-6-13(10)12-8-15-16(9-12)11(2)7-14/h3-6,8-9,11H,7,14H2,1-2H3. The first-order valence-corrected chi connectivity index (χ1v) is 5.52. The van der Waals surface area contributed by atoms with Crippen molar-refractivity contribution in [2.24, 2.45) is 5.73 Å². The third kappa shape index (κ3) is 1.99. The van der Waals surface area contributed by atoms with Crippen LogP contribution in [0.3, 0.4) is 0 Å². The zero-order valence-corrected chi connectivity index (χ0v) is 9.72. The van der Waals surface area contributed by atoms with Crippen LogP contribution in [0.25, 0.3) is 11.1 Å². The van der Waals surface area contributed by atoms with E-state index in [0.29, 0.717) is 6.54 Å². The second kappa shape index (κ2) is 4.49. The van der Waals surface area contributed by atoms with Gasteiger partial charge in [-0.1, -0.05) is 24.3 Å². The minimum absolute atomic E-state index is 0.248. The number of aromatic nitrogens is 2. The highest BCUT2D eigenvalue weighted by atomic mass is 15.3. The van der Waals surface area contributed by atoms with Gasteiger partial charge in [0, 0.05) is 18.3 Å². The summed E-state index contributed by atoms with van der Waals surface area (Å²) in [6.07, 6.45) is 3.95. The van der Waals surface area contributed by atoms with E-state index in [-0.39, 0.29) is 6.04 Å². The van der Waals surface area contributed by atoms with Gasteiger partial charge < -0.3 is 5.73 Å². The molecule has 0 saturated carbocycles. The van der Waals surface area contributed by atoms with Crippen molar-refractivity contribution < 1.29 is 0 Å². The molecule has 16 heavy (non-hydrogen) atoms. The highest BCUT2D eigenvalue weighted by Crippen LogP contribution is 2.23. The van der Waals surface area contributed by atoms with E-state index in [4.69, 9.17) is 5.73 Å². The molecule has 2 aromatic rings. The smallest absolute Gasteiger partial charge is 0.0613 e. The molecule has 2 N–H and O–H groups in total. The van der Waals surface area contributed by atoms with Crippen LogP contribution in [0.2, 0.25) is 0 Å². The summed E-state index contributed by atoms with van der Waals surface area (Å²) in [5, 5.41) is 4.34. The molecule has 0 spiro atoms. The Kier molecular flexibility index (Phi) is 3.06. The van der Waals surface area contributed by atoms with Crippen LogP contribution in [0.4, 0.5) is 0 Å². The number of nitrogens with two attached hydrogens (primary N) is 1. The lowest BCUT2D eigenvalue weighted by atomic mass is 10.0. The molecule has 0 amide bonds. The van der Waals surface area contributed by atoms with Gasteiger partial charge in [0.05, 0.1) is 12.2 Å². The summed E-state index contributed by atoms with van der Waals surface area (Å²) in [6, 6.07) is 8.57. The fourth-order valence-electron chi connectivity index (χ4n) is 1.72. The van der Waals surface area contributed by atoms with Crippen LogP contribution >= 0.6 is 0 Å². The molecular weight excluding hydrogens is 198 g/mol. The van der Waals surface area contributed by atoms with Gasteiger partial charge >= 0.3 is 0 Å². The molecule has 84 valence electrons. The molecule has 0 bridgehead atoms. The van der Waals surface area contributed by atoms with Gasteiger partial charge in [-0.25, -0.2) is 0 Å². The van der Waals surface area contributed by atoms with E-state index < -0.39 is 0 Å². The maximum absolute atomic E-state index is 5.62. The summed E-state index contributed by atoms with van der Waals surface area (Å²) in [7, 11) is 0. The molecular formula is C13H17N3. The van der Waals surface area contributed by atoms with Crippen molar-refractivity contribution in [3.63, 3.8) is 0 Å². The Morgan fingerprint density at radius 1 is 1.38 bits per heavy atom. The topological polar surface area (TPSA) is 43.8 Å². The van der Waals surface area contributed by atoms with Gasteiger partial charge in [0.1, 0.15) is 0 Å². The molecule has 1 unspecified atom stereocenters. The van der Waals surface area contributed by atoms with Crippen LogP contribution < -0.4 is 5.73 Å². The molecule has 0 fully saturated rings. The van der Waals surface area contributed by atoms with Crippen molar-refractivity contribution in [3.05, 3.63) is 42.2 Å². The predicted molar refractivity (Wildman–Crippen MR) is 66.2 cm³/mol. The zero-order valence-electron chi connectivity index (χ0n) is 9.72. The summed E-state index contributed by atoms with van der Waals surface area (Å²) in [5.41, 5.74) is 9.27. The Morgan fingerprint density at radius 2 is 2.12 bits per heavy atom. The van der Waals surface area contributed by atoms with Crippen molar-refractivity contribution in [2.45, 2.75) is 19.9 Å². The Hall–Kier alpha value is -1.61. The summed E-state index contributed by atoms with van der Waals surface area (Å²) in [5.74, 6) is 0. The lowest BCUT2D eigenvalue weighted by Gasteiger charge is -2.08. The molecule has 0 saturated heterocycles. The minimum atomic E-state index is 0.248. The first-order valence-electron chi connectivity index (χ1n) is 5.52. The van der Waals surface area contributed by atoms with Gasteiger partial charge in [0.25, 0.3) is 0 Å². The number of aryl methyl sites for hydroxylation is 1. The van der Waals surface area contributed by atoms with Crippen molar-refractivity contribution in [1.82, 2.24) is 9.78 Å². The third-order valence-corrected chi connectivity index (χ3v) is 2.85. The average Bonchev–Trinajstić information content (AvgIpc) is 2.78. The van der Waals surface area contributed by atoms with Crippen LogP contribution in [-0.4, -0.2) is 16.3 Å². The molecule has 1 aromatic heterocycles. The molecule has 3 nitrogen and oxygen atoms in total. The highest BCUT2D eigenvalue weighted by Gasteiger charge is 2.07. The molecule has 0 aliphatic heterocycles. The van der Waals surface area contributed by atoms with E-state index >= 15 is 0 Å². The second-order valence-electron chi connectivity index (χ2n) is 4.11. The zero-order chi connectivity index (χ0) is 11.5. The summed E-state index contributed by atoms with van der Waals surface area (Å²) in [4.78, 5) is 0. The van der Waals surface area contributed by atoms with Crippen LogP contribution in [0, 0.1) is 6.92 Å². The van der Waals surface area contributed by atoms with Crippen molar-refractivity contribution >= 4 is 0 Å². The molecule has 3 heteroatoms. The van der Waals surface area contributed by atoms with Crippen LogP contribution in [0.1, 0.15) is 18.5 Å². The van der Waals surface area contributed by atoms with Gasteiger partial charge in [-0.05, 0) is 25.0 Å². The monoisotopic (exact) mass is 215 g/mol. The molecule has 0 aliphatic rings. The fraction of sp³-hybridized carbons (Fsp3) is 0.308. The largest absolute Gasteiger partial charge is 0.328 e. The van der Waals surface area contributed by atoms with Gasteiger partial charge in [-0.15, -0.1) is 0 Å². The van der Waals surface area contributed by atoms with E-state index in [2.05, 4.69) is 37.3 Å². The first kappa shape index (κ1) is 10.9. The van der Waals surface area contributed by atoms with E-state index in [0.717, 1.165) is 5.56 Å². The Balaban J connectivity index is 2.35. The van der Waals surface area contributed by atoms with Gasteiger partial charge in [0.15, 0.2) is 0 Å². The highest BCUT2D eigenvalue weighted by molar-refractivity contribution is 5.65. The summed E-state index contributed by atoms with van der Waals surface area (Å²) in [6.45, 7) is 4.78. The minimum Gasteiger partial charge on any atom is -0.328 e. The number of hydrogen-bond donors (Lipinski definition) is 1. The molecule has 0 radical (unpaired) electrons. The number of hydrogen-bond acceptors (Lipinski definition) is 2. The van der Waals surface area contributed by atoms with Crippen molar-refractivity contribution in [2.75, 3.05) is 6.54 Å². The first-order chi connectivity index (χ1) is 7.72.